The molecule has 0 radical (unpaired) electrons. The molecule has 0 bridgehead atoms. The molecule has 0 atom stereocenters. The maximum atomic E-state index is 4.93. The van der Waals surface area contributed by atoms with Crippen LogP contribution >= 0.6 is 0 Å². The Labute approximate surface area is 130 Å². The molecule has 1 heterocycles. The molecule has 1 N–H and O–H groups in total. The molecule has 3 heteroatoms. The Morgan fingerprint density at radius 3 is 2.57 bits per heavy atom. The van der Waals surface area contributed by atoms with Crippen molar-refractivity contribution in [3.8, 4) is 0 Å². The van der Waals surface area contributed by atoms with E-state index in [0.29, 0.717) is 0 Å². The summed E-state index contributed by atoms with van der Waals surface area (Å²) in [4.78, 5) is 7.46. The van der Waals surface area contributed by atoms with Gasteiger partial charge in [-0.15, -0.1) is 0 Å². The maximum Gasteiger partial charge on any atom is 0.129 e. The van der Waals surface area contributed by atoms with Crippen LogP contribution in [0.2, 0.25) is 0 Å². The van der Waals surface area contributed by atoms with Gasteiger partial charge in [0.25, 0.3) is 0 Å². The molecule has 118 valence electrons. The maximum absolute atomic E-state index is 4.93. The highest BCUT2D eigenvalue weighted by atomic mass is 15.2. The minimum Gasteiger partial charge on any atom is -0.354 e. The fourth-order valence-corrected chi connectivity index (χ4v) is 2.79. The van der Waals surface area contributed by atoms with E-state index in [4.69, 9.17) is 4.98 Å². The molecule has 1 fully saturated rings. The first-order valence-electron chi connectivity index (χ1n) is 8.75. The lowest BCUT2D eigenvalue weighted by atomic mass is 10.1. The molecule has 1 aromatic heterocycles. The highest BCUT2D eigenvalue weighted by molar-refractivity contribution is 5.45. The van der Waals surface area contributed by atoms with Crippen LogP contribution in [0, 0.1) is 0 Å². The molecular formula is C18H31N3. The summed E-state index contributed by atoms with van der Waals surface area (Å²) in [6.45, 7) is 9.88. The third-order valence-electron chi connectivity index (χ3n) is 3.93. The summed E-state index contributed by atoms with van der Waals surface area (Å²) in [6, 6.07) is 5.33. The van der Waals surface area contributed by atoms with Gasteiger partial charge in [0.05, 0.1) is 0 Å². The molecule has 0 amide bonds. The van der Waals surface area contributed by atoms with Gasteiger partial charge in [0.2, 0.25) is 0 Å². The van der Waals surface area contributed by atoms with Gasteiger partial charge in [-0.3, -0.25) is 0 Å². The molecule has 1 aromatic rings. The summed E-state index contributed by atoms with van der Waals surface area (Å²) in [5.41, 5.74) is 2.64. The molecular weight excluding hydrogens is 258 g/mol. The third kappa shape index (κ3) is 4.99. The van der Waals surface area contributed by atoms with Crippen LogP contribution in [0.15, 0.2) is 12.1 Å². The van der Waals surface area contributed by atoms with Gasteiger partial charge in [-0.25, -0.2) is 4.98 Å². The lowest BCUT2D eigenvalue weighted by Crippen LogP contribution is -2.28. The van der Waals surface area contributed by atoms with E-state index >= 15 is 0 Å². The second-order valence-corrected chi connectivity index (χ2v) is 6.18. The number of aryl methyl sites for hydroxylation is 1. The molecule has 1 aliphatic rings. The number of aromatic nitrogens is 1. The van der Waals surface area contributed by atoms with Gasteiger partial charge >= 0.3 is 0 Å². The summed E-state index contributed by atoms with van der Waals surface area (Å²) in [5, 5.41) is 3.52. The van der Waals surface area contributed by atoms with Gasteiger partial charge in [-0.1, -0.05) is 27.2 Å². The number of nitrogens with zero attached hydrogens (tertiary/aromatic N) is 2. The second-order valence-electron chi connectivity index (χ2n) is 6.18. The molecule has 0 aliphatic heterocycles. The van der Waals surface area contributed by atoms with Crippen molar-refractivity contribution in [1.29, 1.82) is 0 Å². The Morgan fingerprint density at radius 2 is 1.95 bits per heavy atom. The topological polar surface area (TPSA) is 28.2 Å². The van der Waals surface area contributed by atoms with Crippen LogP contribution in [0.3, 0.4) is 0 Å². The van der Waals surface area contributed by atoms with Crippen LogP contribution in [0.5, 0.6) is 0 Å². The van der Waals surface area contributed by atoms with Crippen LogP contribution < -0.4 is 10.2 Å². The smallest absolute Gasteiger partial charge is 0.129 e. The van der Waals surface area contributed by atoms with Gasteiger partial charge in [0.15, 0.2) is 0 Å². The molecule has 3 nitrogen and oxygen atoms in total. The van der Waals surface area contributed by atoms with Gasteiger partial charge in [-0.2, -0.15) is 0 Å². The third-order valence-corrected chi connectivity index (χ3v) is 3.93. The van der Waals surface area contributed by atoms with Crippen molar-refractivity contribution in [3.63, 3.8) is 0 Å². The summed E-state index contributed by atoms with van der Waals surface area (Å²) in [5.74, 6) is 1.21. The molecule has 1 saturated carbocycles. The molecule has 0 saturated heterocycles. The molecule has 21 heavy (non-hydrogen) atoms. The standard InChI is InChI=1S/C18H31N3/c1-4-7-16-12-15(14-19-10-5-2)13-18(20-16)21(11-6-3)17-8-9-17/h12-13,17,19H,4-11,14H2,1-3H3. The second kappa shape index (κ2) is 8.38. The number of hydrogen-bond acceptors (Lipinski definition) is 3. The van der Waals surface area contributed by atoms with E-state index in [-0.39, 0.29) is 0 Å². The van der Waals surface area contributed by atoms with Gasteiger partial charge in [0.1, 0.15) is 5.82 Å². The Morgan fingerprint density at radius 1 is 1.14 bits per heavy atom. The first kappa shape index (κ1) is 16.3. The minimum absolute atomic E-state index is 0.741. The van der Waals surface area contributed by atoms with Crippen LogP contribution in [0.1, 0.15) is 64.1 Å². The molecule has 0 unspecified atom stereocenters. The highest BCUT2D eigenvalue weighted by Gasteiger charge is 2.29. The molecule has 0 spiro atoms. The first-order valence-corrected chi connectivity index (χ1v) is 8.75. The van der Waals surface area contributed by atoms with Gasteiger partial charge < -0.3 is 10.2 Å². The normalized spacial score (nSPS) is 14.4. The van der Waals surface area contributed by atoms with Crippen LogP contribution in [0.4, 0.5) is 5.82 Å². The number of rotatable bonds is 10. The molecule has 0 aromatic carbocycles. The zero-order valence-electron chi connectivity index (χ0n) is 14.0. The van der Waals surface area contributed by atoms with E-state index in [1.54, 1.807) is 0 Å². The van der Waals surface area contributed by atoms with Crippen LogP contribution in [-0.4, -0.2) is 24.1 Å². The van der Waals surface area contributed by atoms with Crippen molar-refractivity contribution >= 4 is 5.82 Å². The lowest BCUT2D eigenvalue weighted by Gasteiger charge is -2.24. The van der Waals surface area contributed by atoms with E-state index in [9.17, 15) is 0 Å². The van der Waals surface area contributed by atoms with Crippen molar-refractivity contribution in [2.45, 2.75) is 71.9 Å². The van der Waals surface area contributed by atoms with E-state index in [1.165, 1.54) is 42.8 Å². The summed E-state index contributed by atoms with van der Waals surface area (Å²) in [6.07, 6.45) is 7.30. The summed E-state index contributed by atoms with van der Waals surface area (Å²) < 4.78 is 0. The highest BCUT2D eigenvalue weighted by Crippen LogP contribution is 2.31. The number of anilines is 1. The first-order chi connectivity index (χ1) is 10.3. The van der Waals surface area contributed by atoms with Crippen LogP contribution in [0.25, 0.3) is 0 Å². The van der Waals surface area contributed by atoms with Crippen molar-refractivity contribution in [2.75, 3.05) is 18.0 Å². The average molecular weight is 289 g/mol. The van der Waals surface area contributed by atoms with Crippen molar-refractivity contribution < 1.29 is 0 Å². The van der Waals surface area contributed by atoms with E-state index < -0.39 is 0 Å². The average Bonchev–Trinajstić information content (AvgIpc) is 3.30. The SMILES string of the molecule is CCCNCc1cc(CCC)nc(N(CCC)C2CC2)c1. The van der Waals surface area contributed by atoms with Crippen LogP contribution in [-0.2, 0) is 13.0 Å². The Hall–Kier alpha value is -1.09. The predicted molar refractivity (Wildman–Crippen MR) is 90.9 cm³/mol. The van der Waals surface area contributed by atoms with Crippen molar-refractivity contribution in [2.24, 2.45) is 0 Å². The largest absolute Gasteiger partial charge is 0.354 e. The van der Waals surface area contributed by atoms with Crippen molar-refractivity contribution in [1.82, 2.24) is 10.3 Å². The Balaban J connectivity index is 2.16. The summed E-state index contributed by atoms with van der Waals surface area (Å²) in [7, 11) is 0. The fourth-order valence-electron chi connectivity index (χ4n) is 2.79. The zero-order valence-corrected chi connectivity index (χ0v) is 14.0. The Bertz CT molecular complexity index is 426. The predicted octanol–water partition coefficient (Wildman–Crippen LogP) is 3.91. The number of nitrogens with one attached hydrogen (secondary N) is 1. The van der Waals surface area contributed by atoms with E-state index in [2.05, 4.69) is 43.1 Å². The van der Waals surface area contributed by atoms with Crippen molar-refractivity contribution in [3.05, 3.63) is 23.4 Å². The Kier molecular flexibility index (Phi) is 6.50. The molecule has 2 rings (SSSR count). The van der Waals surface area contributed by atoms with Gasteiger partial charge in [0, 0.05) is 24.8 Å². The number of hydrogen-bond donors (Lipinski definition) is 1. The van der Waals surface area contributed by atoms with E-state index in [1.807, 2.05) is 0 Å². The number of pyridine rings is 1. The quantitative estimate of drug-likeness (QED) is 0.662. The minimum atomic E-state index is 0.741. The lowest BCUT2D eigenvalue weighted by molar-refractivity contribution is 0.671. The van der Waals surface area contributed by atoms with Gasteiger partial charge in [-0.05, 0) is 56.3 Å². The zero-order chi connectivity index (χ0) is 15.1. The summed E-state index contributed by atoms with van der Waals surface area (Å²) >= 11 is 0. The van der Waals surface area contributed by atoms with E-state index in [0.717, 1.165) is 38.5 Å². The fraction of sp³-hybridized carbons (Fsp3) is 0.722. The monoisotopic (exact) mass is 289 g/mol. The molecule has 1 aliphatic carbocycles.